The Labute approximate surface area is 189 Å². The average molecular weight is 497 g/mol. The Bertz CT molecular complexity index is 955. The number of nitrogens with zero attached hydrogens (tertiary/aromatic N) is 2. The van der Waals surface area contributed by atoms with Crippen LogP contribution in [0.1, 0.15) is 49.4 Å². The lowest BCUT2D eigenvalue weighted by molar-refractivity contribution is -0.141. The monoisotopic (exact) mass is 496 g/mol. The van der Waals surface area contributed by atoms with Crippen molar-refractivity contribution in [1.29, 1.82) is 0 Å². The number of alkyl halides is 3. The SMILES string of the molecule is CC(C)(C)OC(=O)N1CCN(C(=O)C2CCS(=O)(=O)CC2)C(c2ccc(C(F)(F)F)s2)C1. The first-order chi connectivity index (χ1) is 14.7. The van der Waals surface area contributed by atoms with Crippen molar-refractivity contribution in [3.63, 3.8) is 0 Å². The number of ether oxygens (including phenoxy) is 1. The Hall–Kier alpha value is -1.82. The van der Waals surface area contributed by atoms with Gasteiger partial charge in [0.05, 0.1) is 17.5 Å². The highest BCUT2D eigenvalue weighted by Crippen LogP contribution is 2.39. The fraction of sp³-hybridized carbons (Fsp3) is 0.700. The van der Waals surface area contributed by atoms with Crippen molar-refractivity contribution in [3.8, 4) is 0 Å². The maximum Gasteiger partial charge on any atom is 0.425 e. The second-order valence-corrected chi connectivity index (χ2v) is 12.5. The molecule has 3 heterocycles. The first kappa shape index (κ1) is 24.8. The zero-order valence-corrected chi connectivity index (χ0v) is 19.8. The summed E-state index contributed by atoms with van der Waals surface area (Å²) in [5, 5.41) is 0. The predicted molar refractivity (Wildman–Crippen MR) is 113 cm³/mol. The number of piperazine rings is 1. The molecule has 0 aromatic carbocycles. The minimum atomic E-state index is -4.50. The Kier molecular flexibility index (Phi) is 6.86. The van der Waals surface area contributed by atoms with Crippen LogP contribution in [-0.2, 0) is 25.5 Å². The lowest BCUT2D eigenvalue weighted by atomic mass is 9.98. The molecule has 2 amide bonds. The molecule has 2 aliphatic rings. The molecule has 1 aromatic rings. The molecule has 0 saturated carbocycles. The molecule has 32 heavy (non-hydrogen) atoms. The van der Waals surface area contributed by atoms with E-state index in [1.165, 1.54) is 15.9 Å². The summed E-state index contributed by atoms with van der Waals surface area (Å²) in [4.78, 5) is 28.2. The Morgan fingerprint density at radius 3 is 2.25 bits per heavy atom. The number of halogens is 3. The number of thiophene rings is 1. The number of rotatable bonds is 2. The zero-order valence-electron chi connectivity index (χ0n) is 18.1. The van der Waals surface area contributed by atoms with E-state index in [-0.39, 0.29) is 49.9 Å². The summed E-state index contributed by atoms with van der Waals surface area (Å²) in [6.45, 7) is 5.46. The van der Waals surface area contributed by atoms with Crippen LogP contribution in [0.4, 0.5) is 18.0 Å². The molecule has 0 aliphatic carbocycles. The first-order valence-electron chi connectivity index (χ1n) is 10.3. The van der Waals surface area contributed by atoms with Crippen LogP contribution in [0.5, 0.6) is 0 Å². The Morgan fingerprint density at radius 2 is 1.72 bits per heavy atom. The smallest absolute Gasteiger partial charge is 0.425 e. The summed E-state index contributed by atoms with van der Waals surface area (Å²) in [7, 11) is -3.16. The van der Waals surface area contributed by atoms with Crippen LogP contribution in [0, 0.1) is 5.92 Å². The van der Waals surface area contributed by atoms with E-state index in [2.05, 4.69) is 0 Å². The first-order valence-corrected chi connectivity index (χ1v) is 13.0. The van der Waals surface area contributed by atoms with Crippen molar-refractivity contribution in [2.45, 2.75) is 51.4 Å². The minimum absolute atomic E-state index is 0.00345. The van der Waals surface area contributed by atoms with Gasteiger partial charge in [-0.1, -0.05) is 0 Å². The van der Waals surface area contributed by atoms with Gasteiger partial charge in [0, 0.05) is 30.4 Å². The van der Waals surface area contributed by atoms with Crippen LogP contribution in [0.3, 0.4) is 0 Å². The van der Waals surface area contributed by atoms with Crippen LogP contribution in [-0.4, -0.2) is 67.0 Å². The maximum absolute atomic E-state index is 13.2. The second kappa shape index (κ2) is 8.85. The minimum Gasteiger partial charge on any atom is -0.444 e. The van der Waals surface area contributed by atoms with Gasteiger partial charge in [-0.15, -0.1) is 11.3 Å². The van der Waals surface area contributed by atoms with Gasteiger partial charge in [-0.2, -0.15) is 13.2 Å². The van der Waals surface area contributed by atoms with E-state index in [9.17, 15) is 31.2 Å². The summed E-state index contributed by atoms with van der Waals surface area (Å²) in [5.74, 6) is -0.946. The maximum atomic E-state index is 13.2. The van der Waals surface area contributed by atoms with Gasteiger partial charge in [0.1, 0.15) is 20.3 Å². The van der Waals surface area contributed by atoms with Gasteiger partial charge in [-0.25, -0.2) is 13.2 Å². The molecule has 1 unspecified atom stereocenters. The van der Waals surface area contributed by atoms with E-state index in [1.54, 1.807) is 20.8 Å². The van der Waals surface area contributed by atoms with Crippen LogP contribution >= 0.6 is 11.3 Å². The molecule has 2 fully saturated rings. The highest BCUT2D eigenvalue weighted by atomic mass is 32.2. The third-order valence-corrected chi connectivity index (χ3v) is 8.40. The molecule has 12 heteroatoms. The van der Waals surface area contributed by atoms with Crippen molar-refractivity contribution in [2.75, 3.05) is 31.1 Å². The van der Waals surface area contributed by atoms with E-state index >= 15 is 0 Å². The molecule has 0 spiro atoms. The molecule has 2 saturated heterocycles. The molecular weight excluding hydrogens is 469 g/mol. The predicted octanol–water partition coefficient (Wildman–Crippen LogP) is 3.71. The number of hydrogen-bond donors (Lipinski definition) is 0. The van der Waals surface area contributed by atoms with Crippen LogP contribution in [0.25, 0.3) is 0 Å². The molecule has 1 atom stereocenters. The van der Waals surface area contributed by atoms with E-state index in [4.69, 9.17) is 4.74 Å². The van der Waals surface area contributed by atoms with Crippen molar-refractivity contribution in [2.24, 2.45) is 5.92 Å². The van der Waals surface area contributed by atoms with Gasteiger partial charge >= 0.3 is 12.3 Å². The molecule has 0 radical (unpaired) electrons. The molecule has 180 valence electrons. The van der Waals surface area contributed by atoms with Gasteiger partial charge in [0.25, 0.3) is 0 Å². The fourth-order valence-corrected chi connectivity index (χ4v) is 6.31. The van der Waals surface area contributed by atoms with Crippen molar-refractivity contribution < 1.29 is 35.9 Å². The van der Waals surface area contributed by atoms with Gasteiger partial charge in [-0.05, 0) is 45.7 Å². The van der Waals surface area contributed by atoms with Gasteiger partial charge < -0.3 is 14.5 Å². The van der Waals surface area contributed by atoms with E-state index in [1.807, 2.05) is 0 Å². The summed E-state index contributed by atoms with van der Waals surface area (Å²) in [5.41, 5.74) is -0.737. The second-order valence-electron chi connectivity index (χ2n) is 9.10. The number of carbonyl (C=O) groups excluding carboxylic acids is 2. The highest BCUT2D eigenvalue weighted by molar-refractivity contribution is 7.91. The number of hydrogen-bond acceptors (Lipinski definition) is 6. The summed E-state index contributed by atoms with van der Waals surface area (Å²) in [6, 6.07) is 1.55. The number of carbonyl (C=O) groups is 2. The van der Waals surface area contributed by atoms with Crippen molar-refractivity contribution in [1.82, 2.24) is 9.80 Å². The molecule has 3 rings (SSSR count). The molecular formula is C20H27F3N2O5S2. The largest absolute Gasteiger partial charge is 0.444 e. The Balaban J connectivity index is 1.84. The van der Waals surface area contributed by atoms with E-state index < -0.39 is 44.5 Å². The molecule has 0 N–H and O–H groups in total. The molecule has 2 aliphatic heterocycles. The van der Waals surface area contributed by atoms with Crippen LogP contribution < -0.4 is 0 Å². The quantitative estimate of drug-likeness (QED) is 0.623. The fourth-order valence-electron chi connectivity index (χ4n) is 3.84. The van der Waals surface area contributed by atoms with E-state index in [0.717, 1.165) is 6.07 Å². The summed E-state index contributed by atoms with van der Waals surface area (Å²) >= 11 is 0.547. The summed E-state index contributed by atoms with van der Waals surface area (Å²) < 4.78 is 68.3. The normalized spacial score (nSPS) is 22.6. The van der Waals surface area contributed by atoms with E-state index in [0.29, 0.717) is 16.2 Å². The van der Waals surface area contributed by atoms with Crippen LogP contribution in [0.15, 0.2) is 12.1 Å². The standard InChI is InChI=1S/C20H27F3N2O5S2/c1-19(2,3)30-18(27)24-8-9-25(17(26)13-6-10-32(28,29)11-7-13)14(12-24)15-4-5-16(31-15)20(21,22)23/h4-5,13-14H,6-12H2,1-3H3. The zero-order chi connectivity index (χ0) is 23.9. The number of sulfone groups is 1. The molecule has 7 nitrogen and oxygen atoms in total. The lowest BCUT2D eigenvalue weighted by Crippen LogP contribution is -2.54. The van der Waals surface area contributed by atoms with Gasteiger partial charge in [-0.3, -0.25) is 4.79 Å². The highest BCUT2D eigenvalue weighted by Gasteiger charge is 2.41. The van der Waals surface area contributed by atoms with Gasteiger partial charge in [0.2, 0.25) is 5.91 Å². The van der Waals surface area contributed by atoms with Gasteiger partial charge in [0.15, 0.2) is 0 Å². The molecule has 0 bridgehead atoms. The molecule has 1 aromatic heterocycles. The van der Waals surface area contributed by atoms with Crippen molar-refractivity contribution in [3.05, 3.63) is 21.9 Å². The lowest BCUT2D eigenvalue weighted by Gasteiger charge is -2.43. The number of amides is 2. The topological polar surface area (TPSA) is 84.0 Å². The third-order valence-electron chi connectivity index (χ3n) is 5.45. The Morgan fingerprint density at radius 1 is 1.09 bits per heavy atom. The third kappa shape index (κ3) is 5.94. The average Bonchev–Trinajstić information content (AvgIpc) is 3.16. The summed E-state index contributed by atoms with van der Waals surface area (Å²) in [6.07, 6.45) is -4.71. The van der Waals surface area contributed by atoms with Crippen molar-refractivity contribution >= 4 is 33.2 Å². The van der Waals surface area contributed by atoms with Crippen LogP contribution in [0.2, 0.25) is 0 Å².